The summed E-state index contributed by atoms with van der Waals surface area (Å²) in [4.78, 5) is 10.2. The molecule has 0 rings (SSSR count). The van der Waals surface area contributed by atoms with E-state index in [-0.39, 0.29) is 5.57 Å². The molecule has 46 valence electrons. The Morgan fingerprint density at radius 3 is 2.38 bits per heavy atom. The molecule has 0 unspecified atom stereocenters. The quantitative estimate of drug-likeness (QED) is 0.402. The second-order valence-electron chi connectivity index (χ2n) is 1.37. The Kier molecular flexibility index (Phi) is 2.69. The number of hydrogen-bond acceptors (Lipinski definition) is 2. The summed E-state index contributed by atoms with van der Waals surface area (Å²) in [7, 11) is 0. The first-order valence-electron chi connectivity index (χ1n) is 2.35. The molecule has 3 heteroatoms. The number of hydrogen-bond donors (Lipinski definition) is 2. The summed E-state index contributed by atoms with van der Waals surface area (Å²) in [5.41, 5.74) is 5.05. The van der Waals surface area contributed by atoms with Crippen molar-refractivity contribution in [3.05, 3.63) is 11.8 Å². The fraction of sp³-hybridized carbons (Fsp3) is 0.400. The van der Waals surface area contributed by atoms with Crippen molar-refractivity contribution in [3.8, 4) is 0 Å². The third kappa shape index (κ3) is 1.64. The van der Waals surface area contributed by atoms with Crippen molar-refractivity contribution in [2.45, 2.75) is 13.3 Å². The maximum atomic E-state index is 10.2. The normalized spacial score (nSPS) is 11.4. The van der Waals surface area contributed by atoms with E-state index in [0.29, 0.717) is 6.42 Å². The minimum atomic E-state index is -0.560. The average molecular weight is 115 g/mol. The maximum absolute atomic E-state index is 10.2. The zero-order valence-corrected chi connectivity index (χ0v) is 4.72. The highest BCUT2D eigenvalue weighted by molar-refractivity contribution is 5.91. The van der Waals surface area contributed by atoms with Crippen LogP contribution in [0.3, 0.4) is 0 Å². The summed E-state index contributed by atoms with van der Waals surface area (Å²) in [6.07, 6.45) is 1.22. The van der Waals surface area contributed by atoms with Gasteiger partial charge in [-0.15, -0.1) is 0 Å². The maximum Gasteiger partial charge on any atom is 0.247 e. The van der Waals surface area contributed by atoms with Crippen molar-refractivity contribution in [3.63, 3.8) is 0 Å². The van der Waals surface area contributed by atoms with Crippen LogP contribution >= 0.6 is 0 Å². The lowest BCUT2D eigenvalue weighted by atomic mass is 10.2. The van der Waals surface area contributed by atoms with E-state index in [1.54, 1.807) is 6.92 Å². The molecule has 0 saturated heterocycles. The van der Waals surface area contributed by atoms with Crippen molar-refractivity contribution in [1.82, 2.24) is 0 Å². The van der Waals surface area contributed by atoms with E-state index in [0.717, 1.165) is 6.26 Å². The van der Waals surface area contributed by atoms with Crippen LogP contribution < -0.4 is 5.73 Å². The van der Waals surface area contributed by atoms with Gasteiger partial charge in [0.15, 0.2) is 0 Å². The van der Waals surface area contributed by atoms with Gasteiger partial charge in [-0.25, -0.2) is 0 Å². The minimum Gasteiger partial charge on any atom is -0.515 e. The number of aliphatic hydroxyl groups excluding tert-OH is 1. The van der Waals surface area contributed by atoms with Crippen molar-refractivity contribution in [2.75, 3.05) is 0 Å². The highest BCUT2D eigenvalue weighted by Crippen LogP contribution is 1.95. The molecule has 0 spiro atoms. The van der Waals surface area contributed by atoms with Crippen LogP contribution in [0.1, 0.15) is 13.3 Å². The molecule has 0 aliphatic carbocycles. The number of amides is 1. The topological polar surface area (TPSA) is 63.3 Å². The Morgan fingerprint density at radius 2 is 2.38 bits per heavy atom. The third-order valence-electron chi connectivity index (χ3n) is 0.853. The number of carbonyl (C=O) groups excluding carboxylic acids is 1. The molecule has 0 aliphatic rings. The molecule has 0 fully saturated rings. The second kappa shape index (κ2) is 3.07. The van der Waals surface area contributed by atoms with Crippen LogP contribution in [-0.4, -0.2) is 11.0 Å². The Morgan fingerprint density at radius 1 is 1.88 bits per heavy atom. The monoisotopic (exact) mass is 115 g/mol. The predicted molar refractivity (Wildman–Crippen MR) is 30.2 cm³/mol. The number of primary amides is 1. The Bertz CT molecular complexity index is 118. The highest BCUT2D eigenvalue weighted by Gasteiger charge is 1.98. The largest absolute Gasteiger partial charge is 0.515 e. The van der Waals surface area contributed by atoms with Crippen LogP contribution in [0, 0.1) is 0 Å². The van der Waals surface area contributed by atoms with E-state index in [1.807, 2.05) is 0 Å². The van der Waals surface area contributed by atoms with Crippen molar-refractivity contribution in [2.24, 2.45) is 5.73 Å². The van der Waals surface area contributed by atoms with Crippen LogP contribution in [-0.2, 0) is 4.79 Å². The lowest BCUT2D eigenvalue weighted by Gasteiger charge is -1.91. The molecule has 3 nitrogen and oxygen atoms in total. The van der Waals surface area contributed by atoms with Gasteiger partial charge in [0.2, 0.25) is 5.91 Å². The lowest BCUT2D eigenvalue weighted by Crippen LogP contribution is -2.13. The van der Waals surface area contributed by atoms with Crippen LogP contribution in [0.2, 0.25) is 0 Å². The first-order valence-corrected chi connectivity index (χ1v) is 2.35. The van der Waals surface area contributed by atoms with Crippen LogP contribution in [0.4, 0.5) is 0 Å². The van der Waals surface area contributed by atoms with Gasteiger partial charge in [-0.05, 0) is 6.42 Å². The fourth-order valence-electron chi connectivity index (χ4n) is 0.329. The van der Waals surface area contributed by atoms with Gasteiger partial charge in [-0.1, -0.05) is 6.92 Å². The predicted octanol–water partition coefficient (Wildman–Crippen LogP) is 0.324. The molecule has 1 amide bonds. The number of rotatable bonds is 2. The molecule has 0 radical (unpaired) electrons. The molecular weight excluding hydrogens is 106 g/mol. The fourth-order valence-corrected chi connectivity index (χ4v) is 0.329. The third-order valence-corrected chi connectivity index (χ3v) is 0.853. The molecule has 0 saturated carbocycles. The Hall–Kier alpha value is -0.990. The van der Waals surface area contributed by atoms with E-state index in [2.05, 4.69) is 0 Å². The molecule has 0 heterocycles. The Labute approximate surface area is 47.8 Å². The standard InChI is InChI=1S/C5H9NO2/c1-2-4(3-7)5(6)8/h3,7H,2H2,1H3,(H2,6,8)/b4-3+. The van der Waals surface area contributed by atoms with Gasteiger partial charge in [0, 0.05) is 0 Å². The molecule has 0 aromatic rings. The van der Waals surface area contributed by atoms with Crippen molar-refractivity contribution >= 4 is 5.91 Å². The lowest BCUT2D eigenvalue weighted by molar-refractivity contribution is -0.114. The van der Waals surface area contributed by atoms with E-state index in [9.17, 15) is 4.79 Å². The first kappa shape index (κ1) is 7.01. The van der Waals surface area contributed by atoms with Gasteiger partial charge in [0.05, 0.1) is 11.8 Å². The molecule has 3 N–H and O–H groups in total. The summed E-state index contributed by atoms with van der Waals surface area (Å²) in [6, 6.07) is 0. The van der Waals surface area contributed by atoms with Crippen LogP contribution in [0.15, 0.2) is 11.8 Å². The van der Waals surface area contributed by atoms with E-state index in [1.165, 1.54) is 0 Å². The number of aliphatic hydroxyl groups is 1. The average Bonchev–Trinajstić information content (AvgIpc) is 1.69. The molecule has 0 aliphatic heterocycles. The van der Waals surface area contributed by atoms with Crippen molar-refractivity contribution in [1.29, 1.82) is 0 Å². The highest BCUT2D eigenvalue weighted by atomic mass is 16.2. The minimum absolute atomic E-state index is 0.255. The van der Waals surface area contributed by atoms with Crippen molar-refractivity contribution < 1.29 is 9.90 Å². The zero-order chi connectivity index (χ0) is 6.57. The summed E-state index contributed by atoms with van der Waals surface area (Å²) in [5, 5.41) is 8.23. The second-order valence-corrected chi connectivity index (χ2v) is 1.37. The number of carbonyl (C=O) groups is 1. The van der Waals surface area contributed by atoms with Gasteiger partial charge in [-0.3, -0.25) is 4.79 Å². The molecule has 0 aromatic heterocycles. The zero-order valence-electron chi connectivity index (χ0n) is 4.72. The van der Waals surface area contributed by atoms with Gasteiger partial charge in [0.1, 0.15) is 0 Å². The molecular formula is C5H9NO2. The molecule has 0 bridgehead atoms. The van der Waals surface area contributed by atoms with E-state index >= 15 is 0 Å². The summed E-state index contributed by atoms with van der Waals surface area (Å²) in [6.45, 7) is 1.74. The summed E-state index contributed by atoms with van der Waals surface area (Å²) in [5.74, 6) is -0.560. The van der Waals surface area contributed by atoms with Gasteiger partial charge < -0.3 is 10.8 Å². The Balaban J connectivity index is 3.92. The van der Waals surface area contributed by atoms with Crippen LogP contribution in [0.5, 0.6) is 0 Å². The molecule has 0 atom stereocenters. The SMILES string of the molecule is CC/C(=C\O)C(N)=O. The summed E-state index contributed by atoms with van der Waals surface area (Å²) >= 11 is 0. The van der Waals surface area contributed by atoms with Gasteiger partial charge in [-0.2, -0.15) is 0 Å². The first-order chi connectivity index (χ1) is 3.72. The molecule has 0 aromatic carbocycles. The van der Waals surface area contributed by atoms with E-state index in [4.69, 9.17) is 10.8 Å². The number of nitrogens with two attached hydrogens (primary N) is 1. The van der Waals surface area contributed by atoms with E-state index < -0.39 is 5.91 Å². The molecule has 8 heavy (non-hydrogen) atoms. The van der Waals surface area contributed by atoms with Gasteiger partial charge in [0.25, 0.3) is 0 Å². The summed E-state index contributed by atoms with van der Waals surface area (Å²) < 4.78 is 0. The van der Waals surface area contributed by atoms with Crippen LogP contribution in [0.25, 0.3) is 0 Å². The smallest absolute Gasteiger partial charge is 0.247 e. The van der Waals surface area contributed by atoms with Gasteiger partial charge >= 0.3 is 0 Å².